The topological polar surface area (TPSA) is 112 Å². The molecule has 4 rings (SSSR count). The first kappa shape index (κ1) is 32.7. The fourth-order valence-corrected chi connectivity index (χ4v) is 5.66. The number of hydrogen-bond donors (Lipinski definition) is 0. The maximum Gasteiger partial charge on any atom is 0.435 e. The van der Waals surface area contributed by atoms with Crippen LogP contribution >= 0.6 is 23.2 Å². The number of nitrogens with zero attached hydrogens (tertiary/aromatic N) is 4. The Hall–Kier alpha value is -2.85. The smallest absolute Gasteiger partial charge is 0.435 e. The number of amides is 1. The van der Waals surface area contributed by atoms with E-state index in [1.807, 2.05) is 31.2 Å². The summed E-state index contributed by atoms with van der Waals surface area (Å²) in [5, 5.41) is 5.97. The van der Waals surface area contributed by atoms with Crippen molar-refractivity contribution in [1.82, 2.24) is 9.78 Å². The van der Waals surface area contributed by atoms with Crippen LogP contribution in [-0.4, -0.2) is 58.8 Å². The Morgan fingerprint density at radius 3 is 2.41 bits per heavy atom. The van der Waals surface area contributed by atoms with E-state index >= 15 is 0 Å². The van der Waals surface area contributed by atoms with Crippen LogP contribution in [-0.2, 0) is 38.4 Å². The Bertz CT molecular complexity index is 1420. The highest BCUT2D eigenvalue weighted by atomic mass is 35.5. The van der Waals surface area contributed by atoms with Gasteiger partial charge in [0.2, 0.25) is 5.88 Å². The fourth-order valence-electron chi connectivity index (χ4n) is 3.93. The first-order valence-electron chi connectivity index (χ1n) is 11.7. The van der Waals surface area contributed by atoms with Gasteiger partial charge in [0.15, 0.2) is 25.4 Å². The molecule has 0 aliphatic carbocycles. The van der Waals surface area contributed by atoms with Crippen LogP contribution in [0.3, 0.4) is 0 Å². The van der Waals surface area contributed by atoms with Crippen molar-refractivity contribution in [3.05, 3.63) is 35.5 Å². The fraction of sp³-hybridized carbons (Fsp3) is 0.522. The summed E-state index contributed by atoms with van der Waals surface area (Å²) < 4.78 is 98.9. The predicted octanol–water partition coefficient (Wildman–Crippen LogP) is 5.07. The molecule has 2 aromatic rings. The molecule has 1 aromatic heterocycles. The van der Waals surface area contributed by atoms with Crippen LogP contribution in [0.25, 0.3) is 0 Å². The minimum absolute atomic E-state index is 0.0672. The van der Waals surface area contributed by atoms with Crippen LogP contribution in [0.1, 0.15) is 38.4 Å². The lowest BCUT2D eigenvalue weighted by molar-refractivity contribution is -0.142. The number of fused-ring (bicyclic) bond motifs is 1. The number of hydrogen-bond acceptors (Lipinski definition) is 8. The standard InChI is InChI=1S/C12H14F5N3O4S.C11H11Cl2NO2/c1-11(2)4-7(19-24-11)25(21,22)5-6-8(12(15,16)17)18-20(3)9(6)23-10(13)14;1-7-6-16-9-5-3-2-4-8(9)14(7)11(15)10(12)13/h10H,4-5H2,1-3H3;2-5,7,10H,6H2,1H3. The predicted molar refractivity (Wildman–Crippen MR) is 139 cm³/mol. The van der Waals surface area contributed by atoms with Crippen molar-refractivity contribution in [2.24, 2.45) is 12.2 Å². The second-order valence-corrected chi connectivity index (χ2v) is 12.6. The van der Waals surface area contributed by atoms with E-state index in [4.69, 9.17) is 32.8 Å². The molecular weight excluding hydrogens is 626 g/mol. The van der Waals surface area contributed by atoms with E-state index in [1.54, 1.807) is 4.90 Å². The molecule has 0 spiro atoms. The number of benzene rings is 1. The summed E-state index contributed by atoms with van der Waals surface area (Å²) in [6.07, 6.45) is -5.22. The number of para-hydroxylation sites is 2. The van der Waals surface area contributed by atoms with Crippen molar-refractivity contribution in [3.8, 4) is 11.6 Å². The number of halogens is 7. The Morgan fingerprint density at radius 2 is 1.88 bits per heavy atom. The molecule has 1 atom stereocenters. The van der Waals surface area contributed by atoms with Gasteiger partial charge in [0.05, 0.1) is 23.0 Å². The summed E-state index contributed by atoms with van der Waals surface area (Å²) in [5.41, 5.74) is -2.85. The number of alkyl halides is 7. The van der Waals surface area contributed by atoms with Crippen LogP contribution in [0, 0.1) is 0 Å². The van der Waals surface area contributed by atoms with E-state index in [9.17, 15) is 35.2 Å². The molecule has 0 N–H and O–H groups in total. The minimum Gasteiger partial charge on any atom is -0.489 e. The lowest BCUT2D eigenvalue weighted by atomic mass is 10.1. The van der Waals surface area contributed by atoms with E-state index in [-0.39, 0.29) is 18.4 Å². The summed E-state index contributed by atoms with van der Waals surface area (Å²) in [6, 6.07) is 7.27. The number of rotatable bonds is 5. The summed E-state index contributed by atoms with van der Waals surface area (Å²) >= 11 is 11.3. The molecule has 0 saturated carbocycles. The minimum atomic E-state index is -5.06. The van der Waals surface area contributed by atoms with Crippen molar-refractivity contribution in [1.29, 1.82) is 0 Å². The number of oxime groups is 1. The van der Waals surface area contributed by atoms with Gasteiger partial charge in [-0.3, -0.25) is 4.79 Å². The average Bonchev–Trinajstić information content (AvgIpc) is 3.38. The van der Waals surface area contributed by atoms with Crippen LogP contribution in [0.5, 0.6) is 11.6 Å². The maximum atomic E-state index is 13.1. The van der Waals surface area contributed by atoms with Gasteiger partial charge in [-0.25, -0.2) is 13.1 Å². The van der Waals surface area contributed by atoms with Crippen molar-refractivity contribution < 1.29 is 49.5 Å². The van der Waals surface area contributed by atoms with E-state index in [0.29, 0.717) is 17.0 Å². The average molecular weight is 651 g/mol. The first-order chi connectivity index (χ1) is 18.8. The molecule has 228 valence electrons. The van der Waals surface area contributed by atoms with E-state index in [2.05, 4.69) is 15.0 Å². The Kier molecular flexibility index (Phi) is 9.70. The number of ether oxygens (including phenoxy) is 2. The van der Waals surface area contributed by atoms with Gasteiger partial charge in [0.1, 0.15) is 18.0 Å². The van der Waals surface area contributed by atoms with E-state index in [1.165, 1.54) is 13.8 Å². The van der Waals surface area contributed by atoms with Gasteiger partial charge in [-0.2, -0.15) is 27.1 Å². The monoisotopic (exact) mass is 650 g/mol. The van der Waals surface area contributed by atoms with Gasteiger partial charge in [0.25, 0.3) is 5.91 Å². The van der Waals surface area contributed by atoms with Crippen LogP contribution in [0.4, 0.5) is 27.6 Å². The lowest BCUT2D eigenvalue weighted by Gasteiger charge is -2.35. The van der Waals surface area contributed by atoms with Crippen LogP contribution in [0.2, 0.25) is 0 Å². The third kappa shape index (κ3) is 7.71. The highest BCUT2D eigenvalue weighted by Gasteiger charge is 2.43. The van der Waals surface area contributed by atoms with Crippen molar-refractivity contribution in [3.63, 3.8) is 0 Å². The molecule has 18 heteroatoms. The second-order valence-electron chi connectivity index (χ2n) is 9.54. The van der Waals surface area contributed by atoms with E-state index < -0.39 is 61.0 Å². The number of sulfone groups is 1. The Morgan fingerprint density at radius 1 is 1.24 bits per heavy atom. The number of aryl methyl sites for hydroxylation is 1. The zero-order chi connectivity index (χ0) is 30.9. The van der Waals surface area contributed by atoms with Crippen molar-refractivity contribution in [2.45, 2.75) is 62.2 Å². The quantitative estimate of drug-likeness (QED) is 0.328. The molecule has 1 aromatic carbocycles. The Labute approximate surface area is 241 Å². The molecule has 1 amide bonds. The summed E-state index contributed by atoms with van der Waals surface area (Å²) in [5.74, 6) is -1.87. The normalized spacial score (nSPS) is 18.2. The van der Waals surface area contributed by atoms with Crippen LogP contribution < -0.4 is 14.4 Å². The van der Waals surface area contributed by atoms with Crippen LogP contribution in [0.15, 0.2) is 29.4 Å². The summed E-state index contributed by atoms with van der Waals surface area (Å²) in [4.78, 5) is 17.3. The first-order valence-corrected chi connectivity index (χ1v) is 14.3. The van der Waals surface area contributed by atoms with Crippen molar-refractivity contribution >= 4 is 49.7 Å². The summed E-state index contributed by atoms with van der Waals surface area (Å²) in [6.45, 7) is 1.96. The SMILES string of the molecule is CC1COc2ccccc2N1C(=O)C(Cl)Cl.Cn1nc(C(F)(F)F)c(CS(=O)(=O)C2=NOC(C)(C)C2)c1OC(F)F. The van der Waals surface area contributed by atoms with Gasteiger partial charge >= 0.3 is 12.8 Å². The molecule has 41 heavy (non-hydrogen) atoms. The molecule has 0 saturated heterocycles. The molecule has 0 radical (unpaired) electrons. The third-order valence-electron chi connectivity index (χ3n) is 5.69. The zero-order valence-electron chi connectivity index (χ0n) is 22.0. The number of anilines is 1. The molecule has 10 nitrogen and oxygen atoms in total. The third-order valence-corrected chi connectivity index (χ3v) is 7.67. The molecular formula is C23H25Cl2F5N4O6S. The number of aromatic nitrogens is 2. The molecule has 2 aliphatic heterocycles. The van der Waals surface area contributed by atoms with Gasteiger partial charge in [-0.15, -0.1) is 0 Å². The largest absolute Gasteiger partial charge is 0.489 e. The molecule has 0 fully saturated rings. The maximum absolute atomic E-state index is 13.1. The molecule has 1 unspecified atom stereocenters. The second kappa shape index (κ2) is 12.2. The van der Waals surface area contributed by atoms with E-state index in [0.717, 1.165) is 12.7 Å². The molecule has 3 heterocycles. The highest BCUT2D eigenvalue weighted by Crippen LogP contribution is 2.38. The number of carbonyl (C=O) groups is 1. The van der Waals surface area contributed by atoms with Gasteiger partial charge in [-0.05, 0) is 32.9 Å². The van der Waals surface area contributed by atoms with Crippen molar-refractivity contribution in [2.75, 3.05) is 11.5 Å². The number of carbonyl (C=O) groups excluding carboxylic acids is 1. The molecule has 2 aliphatic rings. The molecule has 0 bridgehead atoms. The lowest BCUT2D eigenvalue weighted by Crippen LogP contribution is -2.47. The summed E-state index contributed by atoms with van der Waals surface area (Å²) in [7, 11) is -3.43. The highest BCUT2D eigenvalue weighted by molar-refractivity contribution is 8.05. The zero-order valence-corrected chi connectivity index (χ0v) is 24.3. The van der Waals surface area contributed by atoms with Gasteiger partial charge in [0, 0.05) is 13.5 Å². The van der Waals surface area contributed by atoms with Gasteiger partial charge < -0.3 is 19.2 Å². The van der Waals surface area contributed by atoms with Gasteiger partial charge in [-0.1, -0.05) is 40.5 Å². The Balaban J connectivity index is 0.000000248.